The first-order valence-electron chi connectivity index (χ1n) is 20.3. The zero-order chi connectivity index (χ0) is 39.7. The Morgan fingerprint density at radius 2 is 0.729 bits per heavy atom. The monoisotopic (exact) mass is 759 g/mol. The number of nitrogens with zero attached hydrogens (tertiary/aromatic N) is 5. The molecular formula is C54H41N5. The molecule has 11 aromatic rings. The highest BCUT2D eigenvalue weighted by atomic mass is 15.0. The molecule has 0 bridgehead atoms. The third-order valence-electron chi connectivity index (χ3n) is 10.8. The summed E-state index contributed by atoms with van der Waals surface area (Å²) >= 11 is 0. The Balaban J connectivity index is 0.00000136. The quantitative estimate of drug-likeness (QED) is 0.170. The highest BCUT2D eigenvalue weighted by molar-refractivity contribution is 6.12. The molecule has 0 amide bonds. The molecular weight excluding hydrogens is 719 g/mol. The number of rotatable bonds is 6. The number of hydrogen-bond donors (Lipinski definition) is 0. The maximum atomic E-state index is 5.03. The summed E-state index contributed by atoms with van der Waals surface area (Å²) in [6.07, 6.45) is 1.25. The van der Waals surface area contributed by atoms with Crippen LogP contribution in [0.5, 0.6) is 0 Å². The lowest BCUT2D eigenvalue weighted by atomic mass is 10.0. The van der Waals surface area contributed by atoms with Crippen molar-refractivity contribution in [1.29, 1.82) is 0 Å². The lowest BCUT2D eigenvalue weighted by Gasteiger charge is -2.12. The van der Waals surface area contributed by atoms with Gasteiger partial charge in [-0.2, -0.15) is 0 Å². The van der Waals surface area contributed by atoms with Crippen LogP contribution in [-0.4, -0.2) is 24.1 Å². The van der Waals surface area contributed by atoms with Crippen LogP contribution in [0.15, 0.2) is 200 Å². The van der Waals surface area contributed by atoms with Crippen LogP contribution in [0, 0.1) is 0 Å². The van der Waals surface area contributed by atoms with E-state index < -0.39 is 0 Å². The summed E-state index contributed by atoms with van der Waals surface area (Å²) in [6.45, 7) is 4.25. The van der Waals surface area contributed by atoms with Gasteiger partial charge >= 0.3 is 0 Å². The number of para-hydroxylation sites is 3. The SMILES string of the molecule is CCC.c1ccc(-c2nc(-c3ccccc3)nc(-c3cccc(-n4c5ccccc5c5ccc(-c6ccc7c(c6)c6ccccc6n7-c6ccccc6)cc54)c3)n2)cc1. The molecule has 8 aromatic carbocycles. The van der Waals surface area contributed by atoms with Gasteiger partial charge in [0.05, 0.1) is 22.1 Å². The van der Waals surface area contributed by atoms with Gasteiger partial charge < -0.3 is 9.13 Å². The summed E-state index contributed by atoms with van der Waals surface area (Å²) in [6, 6.07) is 70.5. The van der Waals surface area contributed by atoms with Crippen LogP contribution in [0.4, 0.5) is 0 Å². The third-order valence-corrected chi connectivity index (χ3v) is 10.8. The second kappa shape index (κ2) is 15.4. The zero-order valence-electron chi connectivity index (χ0n) is 33.0. The van der Waals surface area contributed by atoms with E-state index in [9.17, 15) is 0 Å². The number of hydrogen-bond acceptors (Lipinski definition) is 3. The zero-order valence-corrected chi connectivity index (χ0v) is 33.0. The third kappa shape index (κ3) is 6.53. The van der Waals surface area contributed by atoms with Crippen molar-refractivity contribution in [2.24, 2.45) is 0 Å². The van der Waals surface area contributed by atoms with E-state index in [1.807, 2.05) is 60.7 Å². The average Bonchev–Trinajstić information content (AvgIpc) is 3.82. The van der Waals surface area contributed by atoms with Gasteiger partial charge in [0.25, 0.3) is 0 Å². The molecule has 282 valence electrons. The van der Waals surface area contributed by atoms with Gasteiger partial charge in [0.2, 0.25) is 0 Å². The van der Waals surface area contributed by atoms with Crippen molar-refractivity contribution in [3.8, 4) is 56.7 Å². The van der Waals surface area contributed by atoms with Crippen LogP contribution in [0.1, 0.15) is 20.3 Å². The van der Waals surface area contributed by atoms with Crippen molar-refractivity contribution in [1.82, 2.24) is 24.1 Å². The van der Waals surface area contributed by atoms with Crippen molar-refractivity contribution in [2.45, 2.75) is 20.3 Å². The van der Waals surface area contributed by atoms with E-state index in [-0.39, 0.29) is 0 Å². The Morgan fingerprint density at radius 3 is 1.36 bits per heavy atom. The van der Waals surface area contributed by atoms with E-state index in [4.69, 9.17) is 15.0 Å². The lowest BCUT2D eigenvalue weighted by Crippen LogP contribution is -2.01. The standard InChI is InChI=1S/C51H33N5.C3H8/c1-4-15-34(16-5-1)49-52-50(35-17-6-2-7-18-35)54-51(53-49)38-19-14-22-40(31-38)56-45-25-12-10-23-41(45)43-29-27-37(33-48(43)56)36-28-30-47-44(32-36)42-24-11-13-26-46(42)55(47)39-20-8-3-9-21-39;1-3-2/h1-33H;3H2,1-2H3. The molecule has 3 heterocycles. The van der Waals surface area contributed by atoms with Crippen LogP contribution < -0.4 is 0 Å². The highest BCUT2D eigenvalue weighted by Crippen LogP contribution is 2.38. The largest absolute Gasteiger partial charge is 0.309 e. The summed E-state index contributed by atoms with van der Waals surface area (Å²) in [5, 5.41) is 4.88. The first-order chi connectivity index (χ1) is 29.2. The highest BCUT2D eigenvalue weighted by Gasteiger charge is 2.18. The Hall–Kier alpha value is -7.63. The summed E-state index contributed by atoms with van der Waals surface area (Å²) in [5.74, 6) is 1.92. The molecule has 0 N–H and O–H groups in total. The van der Waals surface area contributed by atoms with E-state index in [0.29, 0.717) is 17.5 Å². The first kappa shape index (κ1) is 35.8. The lowest BCUT2D eigenvalue weighted by molar-refractivity contribution is 1.07. The molecule has 59 heavy (non-hydrogen) atoms. The van der Waals surface area contributed by atoms with E-state index >= 15 is 0 Å². The molecule has 3 aromatic heterocycles. The second-order valence-electron chi connectivity index (χ2n) is 14.8. The van der Waals surface area contributed by atoms with Gasteiger partial charge in [0.15, 0.2) is 17.5 Å². The van der Waals surface area contributed by atoms with E-state index in [0.717, 1.165) is 44.7 Å². The molecule has 0 aliphatic heterocycles. The Bertz CT molecular complexity index is 3200. The van der Waals surface area contributed by atoms with Crippen molar-refractivity contribution < 1.29 is 0 Å². The van der Waals surface area contributed by atoms with Gasteiger partial charge in [0.1, 0.15) is 0 Å². The van der Waals surface area contributed by atoms with Crippen LogP contribution in [-0.2, 0) is 0 Å². The molecule has 0 atom stereocenters. The van der Waals surface area contributed by atoms with Gasteiger partial charge in [-0.3, -0.25) is 0 Å². The summed E-state index contributed by atoms with van der Waals surface area (Å²) in [7, 11) is 0. The maximum absolute atomic E-state index is 5.03. The first-order valence-corrected chi connectivity index (χ1v) is 20.3. The fraction of sp³-hybridized carbons (Fsp3) is 0.0556. The fourth-order valence-electron chi connectivity index (χ4n) is 8.16. The van der Waals surface area contributed by atoms with Crippen molar-refractivity contribution in [2.75, 3.05) is 0 Å². The molecule has 0 spiro atoms. The molecule has 0 saturated heterocycles. The van der Waals surface area contributed by atoms with Crippen LogP contribution in [0.3, 0.4) is 0 Å². The van der Waals surface area contributed by atoms with E-state index in [1.165, 1.54) is 44.6 Å². The van der Waals surface area contributed by atoms with Gasteiger partial charge in [-0.1, -0.05) is 166 Å². The van der Waals surface area contributed by atoms with Crippen LogP contribution in [0.25, 0.3) is 100 Å². The van der Waals surface area contributed by atoms with Gasteiger partial charge in [-0.05, 0) is 65.7 Å². The van der Waals surface area contributed by atoms with Gasteiger partial charge in [0, 0.05) is 49.6 Å². The smallest absolute Gasteiger partial charge is 0.164 e. The molecule has 0 saturated carbocycles. The maximum Gasteiger partial charge on any atom is 0.164 e. The van der Waals surface area contributed by atoms with Crippen molar-refractivity contribution >= 4 is 43.6 Å². The van der Waals surface area contributed by atoms with Gasteiger partial charge in [-0.15, -0.1) is 0 Å². The normalized spacial score (nSPS) is 11.3. The Morgan fingerprint density at radius 1 is 0.305 bits per heavy atom. The number of aromatic nitrogens is 5. The van der Waals surface area contributed by atoms with E-state index in [1.54, 1.807) is 0 Å². The fourth-order valence-corrected chi connectivity index (χ4v) is 8.16. The number of fused-ring (bicyclic) bond motifs is 6. The molecule has 0 fully saturated rings. The predicted molar refractivity (Wildman–Crippen MR) is 246 cm³/mol. The molecule has 0 unspecified atom stereocenters. The van der Waals surface area contributed by atoms with Crippen molar-refractivity contribution in [3.63, 3.8) is 0 Å². The van der Waals surface area contributed by atoms with E-state index in [2.05, 4.69) is 163 Å². The summed E-state index contributed by atoms with van der Waals surface area (Å²) in [4.78, 5) is 15.0. The molecule has 0 aliphatic carbocycles. The van der Waals surface area contributed by atoms with Crippen molar-refractivity contribution in [3.05, 3.63) is 200 Å². The Kier molecular flexibility index (Phi) is 9.32. The molecule has 11 rings (SSSR count). The second-order valence-corrected chi connectivity index (χ2v) is 14.8. The van der Waals surface area contributed by atoms with Crippen LogP contribution in [0.2, 0.25) is 0 Å². The van der Waals surface area contributed by atoms with Gasteiger partial charge in [-0.25, -0.2) is 15.0 Å². The summed E-state index contributed by atoms with van der Waals surface area (Å²) in [5.41, 5.74) is 12.0. The summed E-state index contributed by atoms with van der Waals surface area (Å²) < 4.78 is 4.73. The predicted octanol–water partition coefficient (Wildman–Crippen LogP) is 14.2. The molecule has 0 aliphatic rings. The molecule has 0 radical (unpaired) electrons. The minimum absolute atomic E-state index is 0.629. The van der Waals surface area contributed by atoms with Crippen LogP contribution >= 0.6 is 0 Å². The molecule has 5 nitrogen and oxygen atoms in total. The number of benzene rings is 8. The Labute approximate surface area is 343 Å². The molecule has 5 heteroatoms. The topological polar surface area (TPSA) is 48.5 Å². The average molecular weight is 760 g/mol. The minimum Gasteiger partial charge on any atom is -0.309 e. The minimum atomic E-state index is 0.629.